The van der Waals surface area contributed by atoms with Gasteiger partial charge in [-0.1, -0.05) is 71.9 Å². The van der Waals surface area contributed by atoms with E-state index < -0.39 is 0 Å². The van der Waals surface area contributed by atoms with Crippen LogP contribution in [0.1, 0.15) is 33.5 Å². The highest BCUT2D eigenvalue weighted by atomic mass is 32.2. The summed E-state index contributed by atoms with van der Waals surface area (Å²) < 4.78 is 5.42. The number of carbonyl (C=O) groups is 2. The fraction of sp³-hybridized carbons (Fsp3) is 0.290. The second-order valence-corrected chi connectivity index (χ2v) is 10.9. The number of nitrogens with zero attached hydrogens (tertiary/aromatic N) is 1. The molecule has 0 atom stereocenters. The number of morpholine rings is 1. The molecule has 38 heavy (non-hydrogen) atoms. The van der Waals surface area contributed by atoms with Crippen LogP contribution in [0.4, 0.5) is 5.69 Å². The van der Waals surface area contributed by atoms with Gasteiger partial charge in [-0.05, 0) is 42.3 Å². The molecule has 3 aromatic rings. The Bertz CT molecular complexity index is 1320. The van der Waals surface area contributed by atoms with E-state index in [-0.39, 0.29) is 11.8 Å². The van der Waals surface area contributed by atoms with Crippen molar-refractivity contribution >= 4 is 35.3 Å². The lowest BCUT2D eigenvalue weighted by Crippen LogP contribution is -3.14. The van der Waals surface area contributed by atoms with Gasteiger partial charge in [-0.15, -0.1) is 0 Å². The van der Waals surface area contributed by atoms with E-state index >= 15 is 0 Å². The zero-order valence-corrected chi connectivity index (χ0v) is 22.6. The molecule has 0 radical (unpaired) electrons. The minimum atomic E-state index is -0.108. The maximum absolute atomic E-state index is 13.7. The summed E-state index contributed by atoms with van der Waals surface area (Å²) in [5, 5.41) is 3.06. The molecule has 0 bridgehead atoms. The van der Waals surface area contributed by atoms with Crippen molar-refractivity contribution in [2.45, 2.75) is 24.8 Å². The quantitative estimate of drug-likeness (QED) is 0.346. The van der Waals surface area contributed by atoms with Gasteiger partial charge in [0.05, 0.1) is 36.9 Å². The molecule has 0 aromatic heterocycles. The monoisotopic (exact) mass is 528 g/mol. The van der Waals surface area contributed by atoms with Gasteiger partial charge in [-0.25, -0.2) is 0 Å². The first kappa shape index (κ1) is 26.2. The van der Waals surface area contributed by atoms with Crippen molar-refractivity contribution < 1.29 is 19.2 Å². The van der Waals surface area contributed by atoms with Crippen LogP contribution < -0.4 is 15.1 Å². The van der Waals surface area contributed by atoms with Gasteiger partial charge in [0.15, 0.2) is 0 Å². The van der Waals surface area contributed by atoms with Crippen LogP contribution in [-0.4, -0.2) is 51.2 Å². The molecule has 3 aromatic carbocycles. The molecule has 2 amide bonds. The number of carbonyl (C=O) groups excluding carboxylic acids is 2. The largest absolute Gasteiger partial charge is 0.370 e. The van der Waals surface area contributed by atoms with Crippen molar-refractivity contribution in [2.75, 3.05) is 44.3 Å². The third-order valence-electron chi connectivity index (χ3n) is 6.90. The molecule has 1 saturated heterocycles. The van der Waals surface area contributed by atoms with Gasteiger partial charge in [-0.2, -0.15) is 0 Å². The molecule has 1 fully saturated rings. The Labute approximate surface area is 228 Å². The topological polar surface area (TPSA) is 63.1 Å². The Hall–Kier alpha value is -3.39. The molecule has 6 nitrogen and oxygen atoms in total. The Kier molecular flexibility index (Phi) is 8.58. The van der Waals surface area contributed by atoms with E-state index in [1.165, 1.54) is 16.7 Å². The molecule has 2 aliphatic rings. The van der Waals surface area contributed by atoms with Crippen LogP contribution in [0.2, 0.25) is 0 Å². The molecule has 7 heteroatoms. The highest BCUT2D eigenvalue weighted by Gasteiger charge is 2.30. The van der Waals surface area contributed by atoms with Gasteiger partial charge in [-0.3, -0.25) is 9.59 Å². The second-order valence-electron chi connectivity index (χ2n) is 9.81. The highest BCUT2D eigenvalue weighted by molar-refractivity contribution is 8.04. The van der Waals surface area contributed by atoms with Crippen molar-refractivity contribution in [2.24, 2.45) is 0 Å². The number of fused-ring (bicyclic) bond motifs is 1. The molecule has 0 unspecified atom stereocenters. The van der Waals surface area contributed by atoms with Crippen molar-refractivity contribution in [3.05, 3.63) is 100.0 Å². The Morgan fingerprint density at radius 2 is 1.87 bits per heavy atom. The van der Waals surface area contributed by atoms with Crippen molar-refractivity contribution in [3.63, 3.8) is 0 Å². The van der Waals surface area contributed by atoms with Crippen LogP contribution in [0, 0.1) is 6.92 Å². The van der Waals surface area contributed by atoms with E-state index in [1.54, 1.807) is 4.90 Å². The standard InChI is InChI=1S/C31H33N3O3S/c1-23-7-5-10-25(19-23)22-34-27-21-26(30(35)32-13-6-14-33-15-17-37-18-16-33)11-12-28(27)38-29(31(34)36)20-24-8-3-2-4-9-24/h2-5,7-12,19-21H,6,13-18,22H2,1H3,(H,32,35)/p+1. The molecule has 0 saturated carbocycles. The van der Waals surface area contributed by atoms with Crippen LogP contribution in [0.3, 0.4) is 0 Å². The SMILES string of the molecule is Cc1cccc(CN2C(=O)C(=Cc3ccccc3)Sc3ccc(C(=O)NCCC[NH+]4CCOCC4)cc32)c1. The first-order chi connectivity index (χ1) is 18.6. The molecule has 0 spiro atoms. The summed E-state index contributed by atoms with van der Waals surface area (Å²) in [4.78, 5) is 31.7. The molecule has 5 rings (SSSR count). The lowest BCUT2D eigenvalue weighted by Gasteiger charge is -2.31. The van der Waals surface area contributed by atoms with Crippen LogP contribution in [0.25, 0.3) is 6.08 Å². The number of rotatable bonds is 8. The molecule has 2 aliphatic heterocycles. The number of hydrogen-bond acceptors (Lipinski definition) is 4. The first-order valence-electron chi connectivity index (χ1n) is 13.2. The number of nitrogens with one attached hydrogen (secondary N) is 2. The summed E-state index contributed by atoms with van der Waals surface area (Å²) in [5.74, 6) is -0.165. The summed E-state index contributed by atoms with van der Waals surface area (Å²) in [5.41, 5.74) is 4.53. The molecular formula is C31H34N3O3S+. The molecule has 2 heterocycles. The average Bonchev–Trinajstić information content (AvgIpc) is 2.94. The minimum absolute atomic E-state index is 0.0566. The number of hydrogen-bond donors (Lipinski definition) is 2. The summed E-state index contributed by atoms with van der Waals surface area (Å²) in [6.07, 6.45) is 2.86. The van der Waals surface area contributed by atoms with Crippen LogP contribution in [-0.2, 0) is 16.1 Å². The fourth-order valence-corrected chi connectivity index (χ4v) is 5.89. The van der Waals surface area contributed by atoms with Gasteiger partial charge in [0.2, 0.25) is 0 Å². The van der Waals surface area contributed by atoms with E-state index in [0.29, 0.717) is 23.6 Å². The molecule has 196 valence electrons. The first-order valence-corrected chi connectivity index (χ1v) is 14.0. The Morgan fingerprint density at radius 3 is 2.66 bits per heavy atom. The number of quaternary nitrogens is 1. The van der Waals surface area contributed by atoms with Gasteiger partial charge in [0, 0.05) is 23.4 Å². The molecular weight excluding hydrogens is 494 g/mol. The van der Waals surface area contributed by atoms with Crippen LogP contribution in [0.5, 0.6) is 0 Å². The van der Waals surface area contributed by atoms with Crippen LogP contribution >= 0.6 is 11.8 Å². The number of ether oxygens (including phenoxy) is 1. The minimum Gasteiger partial charge on any atom is -0.370 e. The summed E-state index contributed by atoms with van der Waals surface area (Å²) in [6, 6.07) is 23.8. The van der Waals surface area contributed by atoms with Crippen molar-refractivity contribution in [1.82, 2.24) is 5.32 Å². The fourth-order valence-electron chi connectivity index (χ4n) is 4.85. The van der Waals surface area contributed by atoms with Crippen molar-refractivity contribution in [1.29, 1.82) is 0 Å². The predicted octanol–water partition coefficient (Wildman–Crippen LogP) is 3.71. The maximum Gasteiger partial charge on any atom is 0.265 e. The lowest BCUT2D eigenvalue weighted by molar-refractivity contribution is -0.908. The molecule has 0 aliphatic carbocycles. The predicted molar refractivity (Wildman–Crippen MR) is 152 cm³/mol. The van der Waals surface area contributed by atoms with Gasteiger partial charge in [0.1, 0.15) is 13.1 Å². The summed E-state index contributed by atoms with van der Waals surface area (Å²) >= 11 is 1.46. The van der Waals surface area contributed by atoms with Gasteiger partial charge < -0.3 is 19.9 Å². The van der Waals surface area contributed by atoms with E-state index in [1.807, 2.05) is 66.7 Å². The third kappa shape index (κ3) is 6.54. The number of benzene rings is 3. The third-order valence-corrected chi connectivity index (χ3v) is 7.98. The second kappa shape index (κ2) is 12.4. The summed E-state index contributed by atoms with van der Waals surface area (Å²) in [6.45, 7) is 7.83. The number of aryl methyl sites for hydroxylation is 1. The van der Waals surface area contributed by atoms with Crippen LogP contribution in [0.15, 0.2) is 82.6 Å². The Balaban J connectivity index is 1.35. The number of thioether (sulfide) groups is 1. The summed E-state index contributed by atoms with van der Waals surface area (Å²) in [7, 11) is 0. The van der Waals surface area contributed by atoms with Gasteiger partial charge in [0.25, 0.3) is 11.8 Å². The van der Waals surface area contributed by atoms with E-state index in [0.717, 1.165) is 66.5 Å². The van der Waals surface area contributed by atoms with Crippen molar-refractivity contribution in [3.8, 4) is 0 Å². The lowest BCUT2D eigenvalue weighted by atomic mass is 10.1. The average molecular weight is 529 g/mol. The van der Waals surface area contributed by atoms with E-state index in [9.17, 15) is 9.59 Å². The smallest absolute Gasteiger partial charge is 0.265 e. The zero-order chi connectivity index (χ0) is 26.3. The maximum atomic E-state index is 13.7. The number of anilines is 1. The normalized spacial score (nSPS) is 16.9. The number of amides is 2. The Morgan fingerprint density at radius 1 is 1.05 bits per heavy atom. The molecule has 2 N–H and O–H groups in total. The highest BCUT2D eigenvalue weighted by Crippen LogP contribution is 2.43. The zero-order valence-electron chi connectivity index (χ0n) is 21.7. The van der Waals surface area contributed by atoms with E-state index in [4.69, 9.17) is 4.74 Å². The van der Waals surface area contributed by atoms with Gasteiger partial charge >= 0.3 is 0 Å². The van der Waals surface area contributed by atoms with E-state index in [2.05, 4.69) is 24.4 Å².